The second-order valence-electron chi connectivity index (χ2n) is 8.08. The lowest BCUT2D eigenvalue weighted by atomic mass is 9.75. The lowest BCUT2D eigenvalue weighted by Crippen LogP contribution is -2.46. The predicted molar refractivity (Wildman–Crippen MR) is 122 cm³/mol. The van der Waals surface area contributed by atoms with Crippen LogP contribution in [0.2, 0.25) is 5.02 Å². The second kappa shape index (κ2) is 10.7. The Morgan fingerprint density at radius 1 is 1.06 bits per heavy atom. The lowest BCUT2D eigenvalue weighted by Gasteiger charge is -2.31. The second-order valence-corrected chi connectivity index (χ2v) is 8.49. The lowest BCUT2D eigenvalue weighted by molar-refractivity contribution is -0.173. The molecule has 13 heteroatoms. The molecule has 0 fully saturated rings. The number of ether oxygens (including phenoxy) is 2. The first-order valence-electron chi connectivity index (χ1n) is 10.8. The molecule has 1 aromatic heterocycles. The highest BCUT2D eigenvalue weighted by Gasteiger charge is 2.51. The molecule has 36 heavy (non-hydrogen) atoms. The van der Waals surface area contributed by atoms with E-state index in [1.165, 1.54) is 0 Å². The van der Waals surface area contributed by atoms with Gasteiger partial charge in [0.05, 0.1) is 22.9 Å². The van der Waals surface area contributed by atoms with Gasteiger partial charge in [-0.25, -0.2) is 14.2 Å². The minimum absolute atomic E-state index is 0.0146. The third-order valence-electron chi connectivity index (χ3n) is 5.77. The van der Waals surface area contributed by atoms with Gasteiger partial charge < -0.3 is 9.47 Å². The van der Waals surface area contributed by atoms with Crippen LogP contribution in [0.15, 0.2) is 33.9 Å². The Morgan fingerprint density at radius 3 is 2.17 bits per heavy atom. The predicted octanol–water partition coefficient (Wildman–Crippen LogP) is 3.51. The van der Waals surface area contributed by atoms with Crippen LogP contribution in [0.4, 0.5) is 13.2 Å². The van der Waals surface area contributed by atoms with Crippen LogP contribution < -0.4 is 11.2 Å². The normalized spacial score (nSPS) is 13.3. The summed E-state index contributed by atoms with van der Waals surface area (Å²) in [4.78, 5) is 63.4. The average molecular weight is 533 g/mol. The molecule has 0 N–H and O–H groups in total. The number of alkyl halides is 3. The Hall–Kier alpha value is -3.41. The van der Waals surface area contributed by atoms with Gasteiger partial charge in [0.15, 0.2) is 5.41 Å². The molecule has 0 bridgehead atoms. The van der Waals surface area contributed by atoms with Crippen LogP contribution in [0.3, 0.4) is 0 Å². The monoisotopic (exact) mass is 532 g/mol. The molecule has 0 aliphatic rings. The van der Waals surface area contributed by atoms with Gasteiger partial charge in [0.1, 0.15) is 5.69 Å². The fourth-order valence-corrected chi connectivity index (χ4v) is 3.88. The molecular formula is C23H24ClF3N2O7. The van der Waals surface area contributed by atoms with E-state index in [0.717, 1.165) is 25.2 Å². The van der Waals surface area contributed by atoms with E-state index in [1.54, 1.807) is 27.7 Å². The van der Waals surface area contributed by atoms with Gasteiger partial charge in [-0.3, -0.25) is 19.0 Å². The first kappa shape index (κ1) is 28.8. The number of rotatable bonds is 7. The van der Waals surface area contributed by atoms with Gasteiger partial charge in [-0.15, -0.1) is 0 Å². The van der Waals surface area contributed by atoms with Gasteiger partial charge in [0.25, 0.3) is 5.56 Å². The van der Waals surface area contributed by atoms with Crippen LogP contribution in [-0.2, 0) is 32.3 Å². The van der Waals surface area contributed by atoms with Crippen LogP contribution in [0.5, 0.6) is 0 Å². The maximum absolute atomic E-state index is 13.1. The maximum atomic E-state index is 13.1. The van der Waals surface area contributed by atoms with Crippen LogP contribution in [0, 0.1) is 11.3 Å². The quantitative estimate of drug-likeness (QED) is 0.396. The highest BCUT2D eigenvalue weighted by atomic mass is 35.5. The van der Waals surface area contributed by atoms with Gasteiger partial charge >= 0.3 is 29.8 Å². The topological polar surface area (TPSA) is 114 Å². The molecule has 196 valence electrons. The van der Waals surface area contributed by atoms with E-state index in [2.05, 4.69) is 0 Å². The molecule has 1 aromatic carbocycles. The van der Waals surface area contributed by atoms with Crippen LogP contribution >= 0.6 is 11.6 Å². The fourth-order valence-electron chi connectivity index (χ4n) is 3.69. The van der Waals surface area contributed by atoms with Gasteiger partial charge in [0, 0.05) is 13.1 Å². The molecule has 0 saturated carbocycles. The molecule has 0 spiro atoms. The summed E-state index contributed by atoms with van der Waals surface area (Å²) in [5.74, 6) is -3.98. The third kappa shape index (κ3) is 5.23. The van der Waals surface area contributed by atoms with Crippen molar-refractivity contribution in [2.45, 2.75) is 40.3 Å². The zero-order chi connectivity index (χ0) is 27.6. The van der Waals surface area contributed by atoms with E-state index >= 15 is 0 Å². The highest BCUT2D eigenvalue weighted by molar-refractivity contribution is 6.33. The number of nitrogens with zero attached hydrogens (tertiary/aromatic N) is 2. The van der Waals surface area contributed by atoms with Crippen molar-refractivity contribution in [3.63, 3.8) is 0 Å². The molecule has 1 atom stereocenters. The molecule has 0 saturated heterocycles. The Kier molecular flexibility index (Phi) is 8.56. The summed E-state index contributed by atoms with van der Waals surface area (Å²) in [6.45, 7) is 6.23. The molecule has 1 heterocycles. The number of esters is 3. The minimum atomic E-state index is -4.96. The van der Waals surface area contributed by atoms with Gasteiger partial charge in [-0.2, -0.15) is 13.2 Å². The van der Waals surface area contributed by atoms with E-state index in [4.69, 9.17) is 21.1 Å². The number of hydrogen-bond acceptors (Lipinski definition) is 7. The van der Waals surface area contributed by atoms with Gasteiger partial charge in [0.2, 0.25) is 0 Å². The summed E-state index contributed by atoms with van der Waals surface area (Å²) >= 11 is 6.06. The molecule has 2 rings (SSSR count). The van der Waals surface area contributed by atoms with E-state index < -0.39 is 57.9 Å². The van der Waals surface area contributed by atoms with E-state index in [0.29, 0.717) is 4.57 Å². The summed E-state index contributed by atoms with van der Waals surface area (Å²) in [6, 6.07) is 3.37. The zero-order valence-corrected chi connectivity index (χ0v) is 20.8. The average Bonchev–Trinajstić information content (AvgIpc) is 2.77. The number of hydrogen-bond donors (Lipinski definition) is 0. The maximum Gasteiger partial charge on any atom is 0.431 e. The van der Waals surface area contributed by atoms with E-state index in [-0.39, 0.29) is 34.4 Å². The summed E-state index contributed by atoms with van der Waals surface area (Å²) in [5, 5.41) is -0.240. The number of carbonyl (C=O) groups is 3. The summed E-state index contributed by atoms with van der Waals surface area (Å²) in [6.07, 6.45) is -5.00. The Bertz CT molecular complexity index is 1310. The Balaban J connectivity index is 2.56. The molecule has 9 nitrogen and oxygen atoms in total. The first-order valence-corrected chi connectivity index (χ1v) is 11.1. The van der Waals surface area contributed by atoms with Crippen molar-refractivity contribution in [3.05, 3.63) is 61.4 Å². The first-order chi connectivity index (χ1) is 16.6. The summed E-state index contributed by atoms with van der Waals surface area (Å²) in [7, 11) is 0.830. The van der Waals surface area contributed by atoms with Crippen molar-refractivity contribution >= 4 is 29.5 Å². The molecule has 0 aliphatic heterocycles. The smallest absolute Gasteiger partial charge is 0.431 e. The fraction of sp³-hybridized carbons (Fsp3) is 0.435. The number of halogens is 4. The van der Waals surface area contributed by atoms with E-state index in [9.17, 15) is 37.1 Å². The van der Waals surface area contributed by atoms with Crippen molar-refractivity contribution in [1.82, 2.24) is 9.13 Å². The molecule has 2 aromatic rings. The highest BCUT2D eigenvalue weighted by Crippen LogP contribution is 2.35. The molecule has 1 unspecified atom stereocenters. The summed E-state index contributed by atoms with van der Waals surface area (Å²) in [5.41, 5.74) is -6.66. The molecule has 0 radical (unpaired) electrons. The van der Waals surface area contributed by atoms with Crippen molar-refractivity contribution in [2.24, 2.45) is 18.4 Å². The van der Waals surface area contributed by atoms with Crippen LogP contribution in [0.1, 0.15) is 50.2 Å². The number of benzene rings is 1. The van der Waals surface area contributed by atoms with Crippen molar-refractivity contribution < 1.29 is 37.0 Å². The van der Waals surface area contributed by atoms with Crippen LogP contribution in [0.25, 0.3) is 5.69 Å². The Morgan fingerprint density at radius 2 is 1.67 bits per heavy atom. The Labute approximate surface area is 208 Å². The summed E-state index contributed by atoms with van der Waals surface area (Å²) < 4.78 is 50.0. The third-order valence-corrected chi connectivity index (χ3v) is 6.10. The van der Waals surface area contributed by atoms with Crippen molar-refractivity contribution in [2.75, 3.05) is 6.61 Å². The minimum Gasteiger partial charge on any atom is -0.465 e. The molecule has 0 aliphatic carbocycles. The van der Waals surface area contributed by atoms with E-state index in [1.807, 2.05) is 0 Å². The SMILES string of the molecule is CCOC(=O)C(CC)(C(=O)OC(=O)c1cc(-n2c(=O)cc(C(F)(F)F)n(C)c2=O)ccc1Cl)C(C)C. The van der Waals surface area contributed by atoms with Gasteiger partial charge in [-0.05, 0) is 37.5 Å². The standard InChI is InChI=1S/C23H24ClF3N2O7/c1-6-22(12(3)4,19(32)35-7-2)20(33)36-18(31)14-10-13(8-9-15(14)24)29-17(30)11-16(23(25,26)27)28(5)21(29)34/h8-12H,6-7H2,1-5H3. The van der Waals surface area contributed by atoms with Crippen molar-refractivity contribution in [3.8, 4) is 5.69 Å². The zero-order valence-electron chi connectivity index (χ0n) is 20.1. The van der Waals surface area contributed by atoms with Gasteiger partial charge in [-0.1, -0.05) is 32.4 Å². The molecule has 0 amide bonds. The van der Waals surface area contributed by atoms with Crippen LogP contribution in [-0.4, -0.2) is 33.6 Å². The largest absolute Gasteiger partial charge is 0.465 e. The number of carbonyl (C=O) groups excluding carboxylic acids is 3. The molecular weight excluding hydrogens is 509 g/mol. The van der Waals surface area contributed by atoms with Crippen molar-refractivity contribution in [1.29, 1.82) is 0 Å². The number of aromatic nitrogens is 2.